The van der Waals surface area contributed by atoms with Gasteiger partial charge in [-0.25, -0.2) is 8.42 Å². The minimum atomic E-state index is -3.57. The summed E-state index contributed by atoms with van der Waals surface area (Å²) in [6, 6.07) is 10.5. The Morgan fingerprint density at radius 2 is 2.04 bits per heavy atom. The van der Waals surface area contributed by atoms with Crippen LogP contribution < -0.4 is 5.32 Å². The molecule has 0 spiro atoms. The Morgan fingerprint density at radius 1 is 1.28 bits per heavy atom. The van der Waals surface area contributed by atoms with E-state index in [0.29, 0.717) is 25.9 Å². The highest BCUT2D eigenvalue weighted by molar-refractivity contribution is 9.10. The Labute approximate surface area is 160 Å². The molecule has 5 nitrogen and oxygen atoms in total. The van der Waals surface area contributed by atoms with Crippen LogP contribution in [0.3, 0.4) is 0 Å². The average Bonchev–Trinajstić information content (AvgIpc) is 3.14. The molecule has 0 bridgehead atoms. The normalized spacial score (nSPS) is 18.8. The number of nitrogens with one attached hydrogen (secondary N) is 1. The lowest BCUT2D eigenvalue weighted by atomic mass is 9.99. The molecule has 0 saturated carbocycles. The molecule has 1 aromatic heterocycles. The zero-order valence-corrected chi connectivity index (χ0v) is 16.7. The molecule has 1 fully saturated rings. The van der Waals surface area contributed by atoms with E-state index < -0.39 is 10.0 Å². The van der Waals surface area contributed by atoms with Gasteiger partial charge in [-0.2, -0.15) is 4.31 Å². The number of rotatable bonds is 5. The van der Waals surface area contributed by atoms with Gasteiger partial charge in [-0.15, -0.1) is 11.3 Å². The number of carbonyl (C=O) groups excluding carboxylic acids is 1. The molecule has 1 amide bonds. The standard InChI is InChI=1S/C17H19BrN2O3S2/c18-14-5-7-16(8-6-14)25(22,23)20-9-1-3-13(12-20)17(21)19-11-15-4-2-10-24-15/h2,4-8,10,13H,1,3,9,11-12H2,(H,19,21). The number of nitrogens with zero attached hydrogens (tertiary/aromatic N) is 1. The number of carbonyl (C=O) groups is 1. The van der Waals surface area contributed by atoms with E-state index in [1.54, 1.807) is 35.6 Å². The second kappa shape index (κ2) is 7.99. The van der Waals surface area contributed by atoms with E-state index in [4.69, 9.17) is 0 Å². The van der Waals surface area contributed by atoms with Gasteiger partial charge in [0.25, 0.3) is 0 Å². The van der Waals surface area contributed by atoms with E-state index in [1.165, 1.54) is 4.31 Å². The highest BCUT2D eigenvalue weighted by Crippen LogP contribution is 2.25. The van der Waals surface area contributed by atoms with Gasteiger partial charge in [-0.1, -0.05) is 22.0 Å². The highest BCUT2D eigenvalue weighted by atomic mass is 79.9. The third-order valence-corrected chi connectivity index (χ3v) is 7.51. The van der Waals surface area contributed by atoms with Crippen LogP contribution in [0.1, 0.15) is 17.7 Å². The van der Waals surface area contributed by atoms with Crippen molar-refractivity contribution in [2.24, 2.45) is 5.92 Å². The molecule has 3 rings (SSSR count). The van der Waals surface area contributed by atoms with Gasteiger partial charge >= 0.3 is 0 Å². The van der Waals surface area contributed by atoms with Gasteiger partial charge in [-0.3, -0.25) is 4.79 Å². The highest BCUT2D eigenvalue weighted by Gasteiger charge is 2.33. The van der Waals surface area contributed by atoms with Crippen LogP contribution in [0.2, 0.25) is 0 Å². The SMILES string of the molecule is O=C(NCc1cccs1)C1CCCN(S(=O)(=O)c2ccc(Br)cc2)C1. The van der Waals surface area contributed by atoms with Gasteiger partial charge in [0.1, 0.15) is 0 Å². The lowest BCUT2D eigenvalue weighted by Gasteiger charge is -2.31. The summed E-state index contributed by atoms with van der Waals surface area (Å²) in [5.74, 6) is -0.386. The topological polar surface area (TPSA) is 66.5 Å². The molecule has 2 aromatic rings. The summed E-state index contributed by atoms with van der Waals surface area (Å²) >= 11 is 4.90. The first-order chi connectivity index (χ1) is 12.0. The van der Waals surface area contributed by atoms with Crippen molar-refractivity contribution in [1.82, 2.24) is 9.62 Å². The molecular weight excluding hydrogens is 424 g/mol. The van der Waals surface area contributed by atoms with E-state index in [-0.39, 0.29) is 23.3 Å². The first-order valence-electron chi connectivity index (χ1n) is 8.02. The van der Waals surface area contributed by atoms with Crippen LogP contribution in [-0.4, -0.2) is 31.7 Å². The van der Waals surface area contributed by atoms with Crippen molar-refractivity contribution in [2.75, 3.05) is 13.1 Å². The Hall–Kier alpha value is -1.22. The van der Waals surface area contributed by atoms with Crippen molar-refractivity contribution in [3.8, 4) is 0 Å². The summed E-state index contributed by atoms with van der Waals surface area (Å²) in [6.07, 6.45) is 1.40. The predicted molar refractivity (Wildman–Crippen MR) is 102 cm³/mol. The summed E-state index contributed by atoms with van der Waals surface area (Å²) in [6.45, 7) is 1.17. The number of halogens is 1. The molecular formula is C17H19BrN2O3S2. The maximum atomic E-state index is 12.8. The van der Waals surface area contributed by atoms with Gasteiger partial charge in [0.15, 0.2) is 0 Å². The van der Waals surface area contributed by atoms with Gasteiger partial charge < -0.3 is 5.32 Å². The van der Waals surface area contributed by atoms with E-state index in [0.717, 1.165) is 9.35 Å². The largest absolute Gasteiger partial charge is 0.351 e. The third-order valence-electron chi connectivity index (χ3n) is 4.22. The van der Waals surface area contributed by atoms with Gasteiger partial charge in [0.2, 0.25) is 15.9 Å². The van der Waals surface area contributed by atoms with Crippen LogP contribution in [0, 0.1) is 5.92 Å². The Kier molecular flexibility index (Phi) is 5.93. The maximum Gasteiger partial charge on any atom is 0.243 e. The number of hydrogen-bond acceptors (Lipinski definition) is 4. The van der Waals surface area contributed by atoms with Gasteiger partial charge in [-0.05, 0) is 48.6 Å². The fraction of sp³-hybridized carbons (Fsp3) is 0.353. The molecule has 0 radical (unpaired) electrons. The molecule has 2 heterocycles. The zero-order chi connectivity index (χ0) is 17.9. The van der Waals surface area contributed by atoms with Crippen LogP contribution >= 0.6 is 27.3 Å². The molecule has 1 aliphatic rings. The number of thiophene rings is 1. The second-order valence-electron chi connectivity index (χ2n) is 5.95. The quantitative estimate of drug-likeness (QED) is 0.772. The van der Waals surface area contributed by atoms with Crippen LogP contribution in [0.15, 0.2) is 51.1 Å². The molecule has 1 atom stereocenters. The van der Waals surface area contributed by atoms with Crippen LogP contribution in [-0.2, 0) is 21.4 Å². The Morgan fingerprint density at radius 3 is 2.72 bits per heavy atom. The number of piperidine rings is 1. The number of benzene rings is 1. The van der Waals surface area contributed by atoms with Crippen molar-refractivity contribution in [3.63, 3.8) is 0 Å². The van der Waals surface area contributed by atoms with Crippen LogP contribution in [0.4, 0.5) is 0 Å². The third kappa shape index (κ3) is 4.49. The lowest BCUT2D eigenvalue weighted by Crippen LogP contribution is -2.45. The summed E-state index contributed by atoms with van der Waals surface area (Å²) in [4.78, 5) is 13.8. The fourth-order valence-electron chi connectivity index (χ4n) is 2.86. The molecule has 1 aromatic carbocycles. The molecule has 1 N–H and O–H groups in total. The van der Waals surface area contributed by atoms with Crippen molar-refractivity contribution in [3.05, 3.63) is 51.1 Å². The molecule has 1 saturated heterocycles. The lowest BCUT2D eigenvalue weighted by molar-refractivity contribution is -0.126. The van der Waals surface area contributed by atoms with Crippen molar-refractivity contribution in [1.29, 1.82) is 0 Å². The summed E-state index contributed by atoms with van der Waals surface area (Å²) in [5.41, 5.74) is 0. The minimum Gasteiger partial charge on any atom is -0.351 e. The summed E-state index contributed by atoms with van der Waals surface area (Å²) < 4.78 is 27.8. The van der Waals surface area contributed by atoms with E-state index in [2.05, 4.69) is 21.2 Å². The Balaban J connectivity index is 1.65. The number of amides is 1. The predicted octanol–water partition coefficient (Wildman–Crippen LogP) is 3.23. The maximum absolute atomic E-state index is 12.8. The fourth-order valence-corrected chi connectivity index (χ4v) is 5.29. The smallest absolute Gasteiger partial charge is 0.243 e. The molecule has 8 heteroatoms. The second-order valence-corrected chi connectivity index (χ2v) is 9.84. The number of sulfonamides is 1. The first-order valence-corrected chi connectivity index (χ1v) is 11.1. The summed E-state index contributed by atoms with van der Waals surface area (Å²) in [5, 5.41) is 4.88. The van der Waals surface area contributed by atoms with Crippen LogP contribution in [0.5, 0.6) is 0 Å². The van der Waals surface area contributed by atoms with Crippen molar-refractivity contribution >= 4 is 43.2 Å². The minimum absolute atomic E-state index is 0.0795. The van der Waals surface area contributed by atoms with E-state index in [1.807, 2.05) is 17.5 Å². The summed E-state index contributed by atoms with van der Waals surface area (Å²) in [7, 11) is -3.57. The van der Waals surface area contributed by atoms with Gasteiger partial charge in [0.05, 0.1) is 17.4 Å². The van der Waals surface area contributed by atoms with Crippen molar-refractivity contribution < 1.29 is 13.2 Å². The monoisotopic (exact) mass is 442 g/mol. The Bertz CT molecular complexity index is 820. The molecule has 1 aliphatic heterocycles. The van der Waals surface area contributed by atoms with Crippen LogP contribution in [0.25, 0.3) is 0 Å². The molecule has 25 heavy (non-hydrogen) atoms. The van der Waals surface area contributed by atoms with E-state index in [9.17, 15) is 13.2 Å². The molecule has 1 unspecified atom stereocenters. The van der Waals surface area contributed by atoms with Crippen molar-refractivity contribution in [2.45, 2.75) is 24.3 Å². The van der Waals surface area contributed by atoms with E-state index >= 15 is 0 Å². The number of hydrogen-bond donors (Lipinski definition) is 1. The first kappa shape index (κ1) is 18.6. The zero-order valence-electron chi connectivity index (χ0n) is 13.5. The molecule has 134 valence electrons. The van der Waals surface area contributed by atoms with Gasteiger partial charge in [0, 0.05) is 22.4 Å². The molecule has 0 aliphatic carbocycles. The average molecular weight is 443 g/mol.